The number of carbonyl (C=O) groups is 1. The van der Waals surface area contributed by atoms with Crippen molar-refractivity contribution in [2.75, 3.05) is 13.1 Å². The van der Waals surface area contributed by atoms with E-state index in [2.05, 4.69) is 24.2 Å². The van der Waals surface area contributed by atoms with Crippen LogP contribution in [0.25, 0.3) is 5.69 Å². The fraction of sp³-hybridized carbons (Fsp3) is 0.438. The highest BCUT2D eigenvalue weighted by Crippen LogP contribution is 2.28. The molecule has 0 saturated carbocycles. The Labute approximate surface area is 140 Å². The first-order valence-electron chi connectivity index (χ1n) is 7.60. The first kappa shape index (κ1) is 16.0. The highest BCUT2D eigenvalue weighted by atomic mass is 35.5. The first-order chi connectivity index (χ1) is 10.9. The van der Waals surface area contributed by atoms with Crippen LogP contribution >= 0.6 is 11.6 Å². The highest BCUT2D eigenvalue weighted by molar-refractivity contribution is 6.32. The van der Waals surface area contributed by atoms with Gasteiger partial charge in [-0.15, -0.1) is 5.10 Å². The zero-order valence-corrected chi connectivity index (χ0v) is 14.0. The van der Waals surface area contributed by atoms with Gasteiger partial charge >= 0.3 is 0 Å². The summed E-state index contributed by atoms with van der Waals surface area (Å²) in [5.74, 6) is -0.122. The fourth-order valence-corrected chi connectivity index (χ4v) is 3.05. The Hall–Kier alpha value is -1.92. The number of amides is 1. The van der Waals surface area contributed by atoms with Gasteiger partial charge in [-0.2, -0.15) is 0 Å². The average Bonchev–Trinajstić information content (AvgIpc) is 2.99. The van der Waals surface area contributed by atoms with E-state index in [0.29, 0.717) is 29.5 Å². The van der Waals surface area contributed by atoms with Crippen LogP contribution < -0.4 is 5.73 Å². The van der Waals surface area contributed by atoms with Crippen LogP contribution in [0.3, 0.4) is 0 Å². The van der Waals surface area contributed by atoms with Gasteiger partial charge in [0.15, 0.2) is 5.69 Å². The molecule has 1 aromatic carbocycles. The van der Waals surface area contributed by atoms with Gasteiger partial charge < -0.3 is 10.6 Å². The monoisotopic (exact) mass is 333 g/mol. The average molecular weight is 334 g/mol. The molecule has 0 aliphatic carbocycles. The van der Waals surface area contributed by atoms with E-state index in [-0.39, 0.29) is 17.4 Å². The normalized spacial score (nSPS) is 20.5. The van der Waals surface area contributed by atoms with E-state index in [0.717, 1.165) is 6.42 Å². The number of hydrogen-bond donors (Lipinski definition) is 1. The largest absolute Gasteiger partial charge is 0.337 e. The molecule has 0 spiro atoms. The molecule has 2 heterocycles. The molecule has 1 amide bonds. The van der Waals surface area contributed by atoms with Crippen molar-refractivity contribution in [1.29, 1.82) is 0 Å². The molecule has 3 rings (SSSR count). The molecule has 1 fully saturated rings. The van der Waals surface area contributed by atoms with Crippen LogP contribution in [0.1, 0.15) is 30.8 Å². The molecule has 1 aliphatic heterocycles. The van der Waals surface area contributed by atoms with Crippen LogP contribution in [0.2, 0.25) is 5.02 Å². The quantitative estimate of drug-likeness (QED) is 0.913. The van der Waals surface area contributed by atoms with Gasteiger partial charge in [0, 0.05) is 19.1 Å². The Balaban J connectivity index is 1.81. The number of likely N-dealkylation sites (tertiary alicyclic amines) is 1. The van der Waals surface area contributed by atoms with Crippen molar-refractivity contribution in [2.24, 2.45) is 11.1 Å². The summed E-state index contributed by atoms with van der Waals surface area (Å²) in [7, 11) is 0. The predicted octanol–water partition coefficient (Wildman–Crippen LogP) is 2.12. The smallest absolute Gasteiger partial charge is 0.276 e. The standard InChI is InChI=1S/C16H20ClN5O/c1-16(2)10-21(8-7-14(16)18)15(23)12-9-22(20-19-12)13-6-4-3-5-11(13)17/h3-6,9,14H,7-8,10,18H2,1-2H3. The lowest BCUT2D eigenvalue weighted by atomic mass is 9.79. The zero-order valence-electron chi connectivity index (χ0n) is 13.2. The van der Waals surface area contributed by atoms with Crippen molar-refractivity contribution >= 4 is 17.5 Å². The van der Waals surface area contributed by atoms with Crippen LogP contribution in [-0.2, 0) is 0 Å². The Morgan fingerprint density at radius 1 is 1.39 bits per heavy atom. The second-order valence-electron chi connectivity index (χ2n) is 6.61. The minimum absolute atomic E-state index is 0.102. The SMILES string of the molecule is CC1(C)CN(C(=O)c2cn(-c3ccccc3Cl)nn2)CCC1N. The van der Waals surface area contributed by atoms with Crippen molar-refractivity contribution in [3.8, 4) is 5.69 Å². The molecule has 1 aliphatic rings. The van der Waals surface area contributed by atoms with Crippen LogP contribution in [0.15, 0.2) is 30.5 Å². The van der Waals surface area contributed by atoms with Crippen molar-refractivity contribution < 1.29 is 4.79 Å². The van der Waals surface area contributed by atoms with Gasteiger partial charge in [-0.3, -0.25) is 4.79 Å². The summed E-state index contributed by atoms with van der Waals surface area (Å²) < 4.78 is 1.52. The second kappa shape index (κ2) is 5.94. The number of carbonyl (C=O) groups excluding carboxylic acids is 1. The molecule has 7 heteroatoms. The number of halogens is 1. The Morgan fingerprint density at radius 2 is 2.13 bits per heavy atom. The molecule has 23 heavy (non-hydrogen) atoms. The molecule has 1 saturated heterocycles. The number of nitrogens with zero attached hydrogens (tertiary/aromatic N) is 4. The Kier molecular flexibility index (Phi) is 4.12. The Morgan fingerprint density at radius 3 is 2.83 bits per heavy atom. The minimum atomic E-state index is -0.122. The summed E-state index contributed by atoms with van der Waals surface area (Å²) in [4.78, 5) is 14.5. The van der Waals surface area contributed by atoms with Gasteiger partial charge in [0.25, 0.3) is 5.91 Å². The van der Waals surface area contributed by atoms with Gasteiger partial charge in [-0.25, -0.2) is 4.68 Å². The van der Waals surface area contributed by atoms with E-state index >= 15 is 0 Å². The molecule has 2 aromatic rings. The second-order valence-corrected chi connectivity index (χ2v) is 7.02. The number of piperidine rings is 1. The number of hydrogen-bond acceptors (Lipinski definition) is 4. The zero-order chi connectivity index (χ0) is 16.6. The fourth-order valence-electron chi connectivity index (χ4n) is 2.83. The molecule has 1 unspecified atom stereocenters. The predicted molar refractivity (Wildman–Crippen MR) is 88.6 cm³/mol. The highest BCUT2D eigenvalue weighted by Gasteiger charge is 2.36. The third-order valence-electron chi connectivity index (χ3n) is 4.41. The molecular weight excluding hydrogens is 314 g/mol. The van der Waals surface area contributed by atoms with Crippen LogP contribution in [0.4, 0.5) is 0 Å². The van der Waals surface area contributed by atoms with Crippen molar-refractivity contribution in [2.45, 2.75) is 26.3 Å². The molecule has 0 bridgehead atoms. The van der Waals surface area contributed by atoms with Crippen molar-refractivity contribution in [3.05, 3.63) is 41.2 Å². The van der Waals surface area contributed by atoms with E-state index in [9.17, 15) is 4.79 Å². The van der Waals surface area contributed by atoms with Gasteiger partial charge in [0.05, 0.1) is 16.9 Å². The van der Waals surface area contributed by atoms with E-state index in [1.165, 1.54) is 4.68 Å². The summed E-state index contributed by atoms with van der Waals surface area (Å²) in [6.45, 7) is 5.42. The number of benzene rings is 1. The lowest BCUT2D eigenvalue weighted by Crippen LogP contribution is -2.54. The summed E-state index contributed by atoms with van der Waals surface area (Å²) in [6, 6.07) is 7.40. The summed E-state index contributed by atoms with van der Waals surface area (Å²) in [5, 5.41) is 8.59. The first-order valence-corrected chi connectivity index (χ1v) is 7.98. The lowest BCUT2D eigenvalue weighted by Gasteiger charge is -2.42. The number of para-hydroxylation sites is 1. The summed E-state index contributed by atoms with van der Waals surface area (Å²) >= 11 is 6.15. The third-order valence-corrected chi connectivity index (χ3v) is 4.73. The van der Waals surface area contributed by atoms with Gasteiger partial charge in [0.1, 0.15) is 0 Å². The maximum Gasteiger partial charge on any atom is 0.276 e. The molecule has 2 N–H and O–H groups in total. The van der Waals surface area contributed by atoms with E-state index < -0.39 is 0 Å². The summed E-state index contributed by atoms with van der Waals surface area (Å²) in [5.41, 5.74) is 7.03. The molecule has 1 atom stereocenters. The number of nitrogens with two attached hydrogens (primary N) is 1. The van der Waals surface area contributed by atoms with E-state index in [1.54, 1.807) is 17.2 Å². The maximum atomic E-state index is 12.7. The molecule has 6 nitrogen and oxygen atoms in total. The lowest BCUT2D eigenvalue weighted by molar-refractivity contribution is 0.0527. The minimum Gasteiger partial charge on any atom is -0.337 e. The van der Waals surface area contributed by atoms with Crippen LogP contribution in [-0.4, -0.2) is 44.9 Å². The van der Waals surface area contributed by atoms with Crippen LogP contribution in [0.5, 0.6) is 0 Å². The van der Waals surface area contributed by atoms with Gasteiger partial charge in [0.2, 0.25) is 0 Å². The van der Waals surface area contributed by atoms with Crippen LogP contribution in [0, 0.1) is 5.41 Å². The third kappa shape index (κ3) is 3.09. The summed E-state index contributed by atoms with van der Waals surface area (Å²) in [6.07, 6.45) is 2.41. The van der Waals surface area contributed by atoms with E-state index in [1.807, 2.05) is 18.2 Å². The van der Waals surface area contributed by atoms with Gasteiger partial charge in [-0.1, -0.05) is 42.8 Å². The molecule has 0 radical (unpaired) electrons. The molecular formula is C16H20ClN5O. The van der Waals surface area contributed by atoms with E-state index in [4.69, 9.17) is 17.3 Å². The van der Waals surface area contributed by atoms with Gasteiger partial charge in [-0.05, 0) is 24.0 Å². The number of aromatic nitrogens is 3. The Bertz CT molecular complexity index is 727. The van der Waals surface area contributed by atoms with Crippen molar-refractivity contribution in [3.63, 3.8) is 0 Å². The maximum absolute atomic E-state index is 12.7. The number of rotatable bonds is 2. The topological polar surface area (TPSA) is 77.0 Å². The molecule has 1 aromatic heterocycles. The van der Waals surface area contributed by atoms with Crippen molar-refractivity contribution in [1.82, 2.24) is 19.9 Å². The molecule has 122 valence electrons.